The van der Waals surface area contributed by atoms with Gasteiger partial charge in [0.2, 0.25) is 0 Å². The van der Waals surface area contributed by atoms with Crippen LogP contribution in [0.3, 0.4) is 0 Å². The Balaban J connectivity index is 2.28. The van der Waals surface area contributed by atoms with Gasteiger partial charge in [-0.25, -0.2) is 0 Å². The molecule has 1 amide bonds. The van der Waals surface area contributed by atoms with Crippen LogP contribution in [0.15, 0.2) is 40.9 Å². The normalized spacial score (nSPS) is 10.3. The van der Waals surface area contributed by atoms with Gasteiger partial charge in [0, 0.05) is 18.8 Å². The third-order valence-electron chi connectivity index (χ3n) is 2.61. The van der Waals surface area contributed by atoms with Crippen LogP contribution in [0.25, 0.3) is 0 Å². The highest BCUT2D eigenvalue weighted by molar-refractivity contribution is 14.1. The molecular weight excluding hydrogens is 440 g/mol. The lowest BCUT2D eigenvalue weighted by Crippen LogP contribution is -2.14. The highest BCUT2D eigenvalue weighted by Crippen LogP contribution is 2.23. The first kappa shape index (κ1) is 14.8. The minimum Gasteiger partial charge on any atom is -0.322 e. The Labute approximate surface area is 138 Å². The molecule has 0 radical (unpaired) electrons. The number of benzene rings is 2. The number of anilines is 1. The maximum atomic E-state index is 12.3. The van der Waals surface area contributed by atoms with Crippen molar-refractivity contribution in [1.29, 1.82) is 0 Å². The average molecular weight is 451 g/mol. The van der Waals surface area contributed by atoms with E-state index in [2.05, 4.69) is 43.8 Å². The SMILES string of the molecule is Cc1cc(Cl)ccc1NC(=O)c1cc(Br)ccc1I. The topological polar surface area (TPSA) is 29.1 Å². The molecule has 2 rings (SSSR count). The highest BCUT2D eigenvalue weighted by Gasteiger charge is 2.11. The van der Waals surface area contributed by atoms with Crippen molar-refractivity contribution in [2.24, 2.45) is 0 Å². The molecule has 0 saturated heterocycles. The van der Waals surface area contributed by atoms with Gasteiger partial charge < -0.3 is 5.32 Å². The third kappa shape index (κ3) is 3.70. The molecule has 1 N–H and O–H groups in total. The van der Waals surface area contributed by atoms with Gasteiger partial charge >= 0.3 is 0 Å². The quantitative estimate of drug-likeness (QED) is 0.621. The zero-order valence-electron chi connectivity index (χ0n) is 10.0. The summed E-state index contributed by atoms with van der Waals surface area (Å²) in [6, 6.07) is 11.0. The van der Waals surface area contributed by atoms with Crippen LogP contribution < -0.4 is 5.32 Å². The fourth-order valence-electron chi connectivity index (χ4n) is 1.63. The molecule has 2 aromatic rings. The molecule has 0 aliphatic rings. The Morgan fingerprint density at radius 1 is 1.26 bits per heavy atom. The van der Waals surface area contributed by atoms with E-state index in [1.54, 1.807) is 12.1 Å². The lowest BCUT2D eigenvalue weighted by Gasteiger charge is -2.10. The lowest BCUT2D eigenvalue weighted by atomic mass is 10.1. The Bertz CT molecular complexity index is 645. The number of carbonyl (C=O) groups excluding carboxylic acids is 1. The molecule has 0 heterocycles. The Morgan fingerprint density at radius 2 is 2.00 bits per heavy atom. The standard InChI is InChI=1S/C14H10BrClINO/c1-8-6-10(16)3-5-13(8)18-14(19)11-7-9(15)2-4-12(11)17/h2-7H,1H3,(H,18,19). The van der Waals surface area contributed by atoms with Gasteiger partial charge in [0.15, 0.2) is 0 Å². The molecule has 0 aliphatic heterocycles. The zero-order chi connectivity index (χ0) is 14.0. The van der Waals surface area contributed by atoms with Crippen molar-refractivity contribution in [2.45, 2.75) is 6.92 Å². The van der Waals surface area contributed by atoms with Crippen LogP contribution in [0.2, 0.25) is 5.02 Å². The Morgan fingerprint density at radius 3 is 2.68 bits per heavy atom. The highest BCUT2D eigenvalue weighted by atomic mass is 127. The summed E-state index contributed by atoms with van der Waals surface area (Å²) >= 11 is 11.4. The zero-order valence-corrected chi connectivity index (χ0v) is 14.5. The number of hydrogen-bond acceptors (Lipinski definition) is 1. The molecule has 0 saturated carbocycles. The van der Waals surface area contributed by atoms with Gasteiger partial charge in [0.25, 0.3) is 5.91 Å². The van der Waals surface area contributed by atoms with E-state index in [1.807, 2.05) is 31.2 Å². The first-order valence-electron chi connectivity index (χ1n) is 5.50. The summed E-state index contributed by atoms with van der Waals surface area (Å²) in [6.07, 6.45) is 0. The Hall–Kier alpha value is -0.590. The van der Waals surface area contributed by atoms with Crippen molar-refractivity contribution in [2.75, 3.05) is 5.32 Å². The molecule has 2 aromatic carbocycles. The van der Waals surface area contributed by atoms with Crippen LogP contribution >= 0.6 is 50.1 Å². The average Bonchev–Trinajstić information content (AvgIpc) is 2.35. The Kier molecular flexibility index (Phi) is 4.86. The maximum Gasteiger partial charge on any atom is 0.256 e. The second-order valence-electron chi connectivity index (χ2n) is 4.04. The molecule has 0 fully saturated rings. The summed E-state index contributed by atoms with van der Waals surface area (Å²) < 4.78 is 1.79. The molecule has 0 atom stereocenters. The number of amides is 1. The first-order chi connectivity index (χ1) is 8.97. The fraction of sp³-hybridized carbons (Fsp3) is 0.0714. The van der Waals surface area contributed by atoms with Crippen LogP contribution in [-0.2, 0) is 0 Å². The lowest BCUT2D eigenvalue weighted by molar-refractivity contribution is 0.102. The van der Waals surface area contributed by atoms with E-state index in [-0.39, 0.29) is 5.91 Å². The fourth-order valence-corrected chi connectivity index (χ4v) is 2.80. The minimum absolute atomic E-state index is 0.129. The van der Waals surface area contributed by atoms with E-state index < -0.39 is 0 Å². The molecule has 0 aromatic heterocycles. The van der Waals surface area contributed by atoms with E-state index in [4.69, 9.17) is 11.6 Å². The van der Waals surface area contributed by atoms with Crippen LogP contribution in [-0.4, -0.2) is 5.91 Å². The van der Waals surface area contributed by atoms with Gasteiger partial charge in [-0.2, -0.15) is 0 Å². The summed E-state index contributed by atoms with van der Waals surface area (Å²) in [7, 11) is 0. The van der Waals surface area contributed by atoms with Crippen LogP contribution in [0.1, 0.15) is 15.9 Å². The molecule has 0 spiro atoms. The molecule has 98 valence electrons. The molecule has 0 unspecified atom stereocenters. The monoisotopic (exact) mass is 449 g/mol. The summed E-state index contributed by atoms with van der Waals surface area (Å²) in [5.74, 6) is -0.129. The van der Waals surface area contributed by atoms with Gasteiger partial charge in [-0.1, -0.05) is 27.5 Å². The van der Waals surface area contributed by atoms with E-state index >= 15 is 0 Å². The molecular formula is C14H10BrClINO. The van der Waals surface area contributed by atoms with Crippen LogP contribution in [0.5, 0.6) is 0 Å². The molecule has 2 nitrogen and oxygen atoms in total. The third-order valence-corrected chi connectivity index (χ3v) is 4.28. The molecule has 19 heavy (non-hydrogen) atoms. The van der Waals surface area contributed by atoms with E-state index in [0.29, 0.717) is 10.6 Å². The minimum atomic E-state index is -0.129. The van der Waals surface area contributed by atoms with Gasteiger partial charge in [-0.05, 0) is 71.5 Å². The van der Waals surface area contributed by atoms with Gasteiger partial charge in [-0.3, -0.25) is 4.79 Å². The van der Waals surface area contributed by atoms with E-state index in [1.165, 1.54) is 0 Å². The number of rotatable bonds is 2. The number of carbonyl (C=O) groups is 1. The van der Waals surface area contributed by atoms with Crippen molar-refractivity contribution in [3.8, 4) is 0 Å². The summed E-state index contributed by atoms with van der Waals surface area (Å²) in [6.45, 7) is 1.91. The van der Waals surface area contributed by atoms with Crippen molar-refractivity contribution in [3.05, 3.63) is 60.6 Å². The second kappa shape index (κ2) is 6.24. The van der Waals surface area contributed by atoms with Crippen molar-refractivity contribution in [1.82, 2.24) is 0 Å². The van der Waals surface area contributed by atoms with E-state index in [0.717, 1.165) is 19.3 Å². The largest absolute Gasteiger partial charge is 0.322 e. The van der Waals surface area contributed by atoms with Crippen LogP contribution in [0, 0.1) is 10.5 Å². The summed E-state index contributed by atoms with van der Waals surface area (Å²) in [4.78, 5) is 12.3. The molecule has 0 bridgehead atoms. The summed E-state index contributed by atoms with van der Waals surface area (Å²) in [5, 5.41) is 3.56. The smallest absolute Gasteiger partial charge is 0.256 e. The van der Waals surface area contributed by atoms with Crippen LogP contribution in [0.4, 0.5) is 5.69 Å². The van der Waals surface area contributed by atoms with Gasteiger partial charge in [0.05, 0.1) is 5.56 Å². The second-order valence-corrected chi connectivity index (χ2v) is 6.55. The molecule has 5 heteroatoms. The number of hydrogen-bond donors (Lipinski definition) is 1. The molecule has 0 aliphatic carbocycles. The van der Waals surface area contributed by atoms with Gasteiger partial charge in [0.1, 0.15) is 0 Å². The number of nitrogens with one attached hydrogen (secondary N) is 1. The van der Waals surface area contributed by atoms with E-state index in [9.17, 15) is 4.79 Å². The van der Waals surface area contributed by atoms with Crippen molar-refractivity contribution >= 4 is 61.7 Å². The predicted octanol–water partition coefficient (Wildman–Crippen LogP) is 5.27. The first-order valence-corrected chi connectivity index (χ1v) is 7.75. The van der Waals surface area contributed by atoms with Crippen molar-refractivity contribution < 1.29 is 4.79 Å². The van der Waals surface area contributed by atoms with Crippen molar-refractivity contribution in [3.63, 3.8) is 0 Å². The van der Waals surface area contributed by atoms with Gasteiger partial charge in [-0.15, -0.1) is 0 Å². The maximum absolute atomic E-state index is 12.3. The number of aryl methyl sites for hydroxylation is 1. The predicted molar refractivity (Wildman–Crippen MR) is 91.0 cm³/mol. The summed E-state index contributed by atoms with van der Waals surface area (Å²) in [5.41, 5.74) is 2.35. The number of halogens is 3.